The molecular weight excluding hydrogens is 410 g/mol. The molecule has 0 unspecified atom stereocenters. The Labute approximate surface area is 196 Å². The third kappa shape index (κ3) is 4.97. The second-order valence-corrected chi connectivity index (χ2v) is 9.08. The molecule has 4 N–H and O–H groups in total. The van der Waals surface area contributed by atoms with Crippen LogP contribution in [0, 0.1) is 0 Å². The summed E-state index contributed by atoms with van der Waals surface area (Å²) in [6.45, 7) is 4.85. The van der Waals surface area contributed by atoms with E-state index in [1.54, 1.807) is 7.11 Å². The van der Waals surface area contributed by atoms with Gasteiger partial charge in [-0.05, 0) is 74.3 Å². The van der Waals surface area contributed by atoms with E-state index in [1.807, 2.05) is 12.1 Å². The number of rotatable bonds is 8. The number of methoxy groups -OCH3 is 1. The molecule has 1 aliphatic heterocycles. The topological polar surface area (TPSA) is 75.4 Å². The summed E-state index contributed by atoms with van der Waals surface area (Å²) in [4.78, 5) is 7.47. The van der Waals surface area contributed by atoms with Crippen LogP contribution < -0.4 is 26.0 Å². The summed E-state index contributed by atoms with van der Waals surface area (Å²) in [5, 5.41) is 7.19. The number of piperazine rings is 1. The van der Waals surface area contributed by atoms with Crippen LogP contribution >= 0.6 is 0 Å². The molecule has 2 aliphatic rings. The number of nitrogens with two attached hydrogens (primary N) is 1. The van der Waals surface area contributed by atoms with Gasteiger partial charge in [0.25, 0.3) is 0 Å². The number of ether oxygens (including phenoxy) is 1. The maximum absolute atomic E-state index is 5.88. The van der Waals surface area contributed by atoms with Crippen LogP contribution in [0.15, 0.2) is 60.7 Å². The van der Waals surface area contributed by atoms with Crippen molar-refractivity contribution < 1.29 is 4.74 Å². The van der Waals surface area contributed by atoms with Crippen LogP contribution in [0.5, 0.6) is 5.75 Å². The summed E-state index contributed by atoms with van der Waals surface area (Å²) in [6, 6.07) is 21.2. The molecule has 5 rings (SSSR count). The van der Waals surface area contributed by atoms with Crippen molar-refractivity contribution in [2.75, 3.05) is 50.1 Å². The zero-order valence-corrected chi connectivity index (χ0v) is 19.3. The summed E-state index contributed by atoms with van der Waals surface area (Å²) < 4.78 is 5.33. The third-order valence-electron chi connectivity index (χ3n) is 6.74. The van der Waals surface area contributed by atoms with Crippen molar-refractivity contribution in [3.63, 3.8) is 0 Å². The molecule has 1 saturated carbocycles. The van der Waals surface area contributed by atoms with Crippen molar-refractivity contribution in [3.8, 4) is 28.3 Å². The Hall–Kier alpha value is -3.09. The fourth-order valence-corrected chi connectivity index (χ4v) is 4.60. The maximum Gasteiger partial charge on any atom is 0.118 e. The first-order chi connectivity index (χ1) is 16.2. The van der Waals surface area contributed by atoms with Crippen molar-refractivity contribution in [2.24, 2.45) is 5.73 Å². The van der Waals surface area contributed by atoms with Gasteiger partial charge in [0.15, 0.2) is 0 Å². The first kappa shape index (κ1) is 21.7. The van der Waals surface area contributed by atoms with Crippen LogP contribution in [0.4, 0.5) is 11.4 Å². The van der Waals surface area contributed by atoms with Crippen LogP contribution in [0.3, 0.4) is 0 Å². The molecule has 0 atom stereocenters. The highest BCUT2D eigenvalue weighted by atomic mass is 16.5. The molecule has 0 amide bonds. The third-order valence-corrected chi connectivity index (χ3v) is 6.74. The Balaban J connectivity index is 1.47. The van der Waals surface area contributed by atoms with E-state index in [2.05, 4.69) is 64.1 Å². The summed E-state index contributed by atoms with van der Waals surface area (Å²) in [5.41, 5.74) is 12.5. The molecule has 1 aliphatic carbocycles. The monoisotopic (exact) mass is 443 g/mol. The van der Waals surface area contributed by atoms with Crippen LogP contribution in [-0.2, 0) is 0 Å². The summed E-state index contributed by atoms with van der Waals surface area (Å²) in [6.07, 6.45) is 3.32. The molecule has 2 fully saturated rings. The molecule has 0 radical (unpaired) electrons. The molecule has 6 nitrogen and oxygen atoms in total. The number of nitrogens with one attached hydrogen (secondary N) is 2. The van der Waals surface area contributed by atoms with Crippen LogP contribution in [0.1, 0.15) is 19.3 Å². The Morgan fingerprint density at radius 3 is 2.12 bits per heavy atom. The van der Waals surface area contributed by atoms with E-state index in [0.717, 1.165) is 66.6 Å². The Kier molecular flexibility index (Phi) is 6.20. The van der Waals surface area contributed by atoms with Gasteiger partial charge in [-0.1, -0.05) is 12.1 Å². The lowest BCUT2D eigenvalue weighted by atomic mass is 10.1. The summed E-state index contributed by atoms with van der Waals surface area (Å²) >= 11 is 0. The molecule has 1 saturated heterocycles. The average molecular weight is 444 g/mol. The van der Waals surface area contributed by atoms with Gasteiger partial charge in [0, 0.05) is 54.2 Å². The number of anilines is 2. The molecule has 33 heavy (non-hydrogen) atoms. The summed E-state index contributed by atoms with van der Waals surface area (Å²) in [7, 11) is 1.69. The normalized spacial score (nSPS) is 17.0. The molecule has 2 heterocycles. The van der Waals surface area contributed by atoms with Crippen LogP contribution in [0.2, 0.25) is 0 Å². The van der Waals surface area contributed by atoms with Gasteiger partial charge >= 0.3 is 0 Å². The minimum atomic E-state index is 0.136. The zero-order valence-electron chi connectivity index (χ0n) is 19.3. The standard InChI is InChI=1S/C27H33N5O/c1-33-24-8-4-21(5-9-24)26-19-22(31-27(10-11-27)12-13-28)18-25(30-26)20-2-6-23(7-3-20)32-16-14-29-15-17-32/h2-9,18-19,29H,10-17,28H2,1H3,(H,30,31). The molecule has 1 aromatic heterocycles. The van der Waals surface area contributed by atoms with Gasteiger partial charge in [0.05, 0.1) is 18.5 Å². The quantitative estimate of drug-likeness (QED) is 0.486. The van der Waals surface area contributed by atoms with Crippen molar-refractivity contribution in [1.29, 1.82) is 0 Å². The highest BCUT2D eigenvalue weighted by Gasteiger charge is 2.41. The van der Waals surface area contributed by atoms with E-state index in [1.165, 1.54) is 18.5 Å². The molecular formula is C27H33N5O. The second-order valence-electron chi connectivity index (χ2n) is 9.08. The molecule has 172 valence electrons. The fourth-order valence-electron chi connectivity index (χ4n) is 4.60. The first-order valence-electron chi connectivity index (χ1n) is 11.9. The van der Waals surface area contributed by atoms with Gasteiger partial charge in [-0.15, -0.1) is 0 Å². The molecule has 2 aromatic carbocycles. The van der Waals surface area contributed by atoms with Gasteiger partial charge in [-0.3, -0.25) is 0 Å². The first-order valence-corrected chi connectivity index (χ1v) is 11.9. The van der Waals surface area contributed by atoms with Gasteiger partial charge in [0.2, 0.25) is 0 Å². The Morgan fingerprint density at radius 2 is 1.58 bits per heavy atom. The summed E-state index contributed by atoms with van der Waals surface area (Å²) in [5.74, 6) is 0.844. The number of aromatic nitrogens is 1. The number of hydrogen-bond donors (Lipinski definition) is 3. The van der Waals surface area contributed by atoms with Gasteiger partial charge in [0.1, 0.15) is 5.75 Å². The van der Waals surface area contributed by atoms with Crippen molar-refractivity contribution in [1.82, 2.24) is 10.3 Å². The van der Waals surface area contributed by atoms with E-state index in [9.17, 15) is 0 Å². The highest BCUT2D eigenvalue weighted by molar-refractivity contribution is 5.73. The Morgan fingerprint density at radius 1 is 0.970 bits per heavy atom. The van der Waals surface area contributed by atoms with E-state index in [-0.39, 0.29) is 5.54 Å². The largest absolute Gasteiger partial charge is 0.497 e. The molecule has 0 spiro atoms. The van der Waals surface area contributed by atoms with E-state index >= 15 is 0 Å². The van der Waals surface area contributed by atoms with Gasteiger partial charge in [-0.2, -0.15) is 0 Å². The van der Waals surface area contributed by atoms with Crippen LogP contribution in [-0.4, -0.2) is 50.4 Å². The highest BCUT2D eigenvalue weighted by Crippen LogP contribution is 2.42. The van der Waals surface area contributed by atoms with Gasteiger partial charge < -0.3 is 26.0 Å². The lowest BCUT2D eigenvalue weighted by Gasteiger charge is -2.29. The van der Waals surface area contributed by atoms with Crippen molar-refractivity contribution >= 4 is 11.4 Å². The molecule has 3 aromatic rings. The smallest absolute Gasteiger partial charge is 0.118 e. The molecule has 6 heteroatoms. The van der Waals surface area contributed by atoms with E-state index < -0.39 is 0 Å². The van der Waals surface area contributed by atoms with Crippen LogP contribution in [0.25, 0.3) is 22.5 Å². The second kappa shape index (κ2) is 9.41. The predicted molar refractivity (Wildman–Crippen MR) is 136 cm³/mol. The van der Waals surface area contributed by atoms with E-state index in [0.29, 0.717) is 6.54 Å². The SMILES string of the molecule is COc1ccc(-c2cc(NC3(CCN)CC3)cc(-c3ccc(N4CCNCC4)cc3)n2)cc1. The lowest BCUT2D eigenvalue weighted by Crippen LogP contribution is -2.43. The fraction of sp³-hybridized carbons (Fsp3) is 0.370. The minimum absolute atomic E-state index is 0.136. The van der Waals surface area contributed by atoms with Crippen molar-refractivity contribution in [3.05, 3.63) is 60.7 Å². The maximum atomic E-state index is 5.88. The number of benzene rings is 2. The lowest BCUT2D eigenvalue weighted by molar-refractivity contribution is 0.415. The average Bonchev–Trinajstić information content (AvgIpc) is 3.63. The predicted octanol–water partition coefficient (Wildman–Crippen LogP) is 4.13. The van der Waals surface area contributed by atoms with E-state index in [4.69, 9.17) is 15.5 Å². The van der Waals surface area contributed by atoms with Gasteiger partial charge in [-0.25, -0.2) is 4.98 Å². The number of nitrogens with zero attached hydrogens (tertiary/aromatic N) is 2. The zero-order chi connectivity index (χ0) is 22.7. The minimum Gasteiger partial charge on any atom is -0.497 e. The molecule has 0 bridgehead atoms. The Bertz CT molecular complexity index is 1070. The van der Waals surface area contributed by atoms with Crippen molar-refractivity contribution in [2.45, 2.75) is 24.8 Å². The number of pyridine rings is 1. The number of hydrogen-bond acceptors (Lipinski definition) is 6.